The number of amides is 2. The number of hydrogen-bond donors (Lipinski definition) is 3. The third-order valence-corrected chi connectivity index (χ3v) is 4.95. The van der Waals surface area contributed by atoms with Crippen LogP contribution in [0.2, 0.25) is 0 Å². The molecule has 3 aromatic carbocycles. The smallest absolute Gasteiger partial charge is 0.269 e. The lowest BCUT2D eigenvalue weighted by atomic mass is 10.1. The largest absolute Gasteiger partial charge is 0.508 e. The highest BCUT2D eigenvalue weighted by molar-refractivity contribution is 5.95. The van der Waals surface area contributed by atoms with E-state index >= 15 is 0 Å². The first-order chi connectivity index (χ1) is 16.1. The number of aryl methyl sites for hydroxylation is 1. The molecule has 4 rings (SSSR count). The summed E-state index contributed by atoms with van der Waals surface area (Å²) in [5.41, 5.74) is 7.65. The summed E-state index contributed by atoms with van der Waals surface area (Å²) in [6.07, 6.45) is 0.498. The molecule has 0 fully saturated rings. The monoisotopic (exact) mass is 442 g/mol. The molecule has 0 radical (unpaired) electrons. The van der Waals surface area contributed by atoms with Crippen molar-refractivity contribution in [3.05, 3.63) is 95.6 Å². The van der Waals surface area contributed by atoms with E-state index < -0.39 is 5.91 Å². The van der Waals surface area contributed by atoms with Crippen molar-refractivity contribution in [3.63, 3.8) is 0 Å². The highest BCUT2D eigenvalue weighted by Crippen LogP contribution is 2.17. The topological polar surface area (TPSA) is 122 Å². The predicted molar refractivity (Wildman–Crippen MR) is 121 cm³/mol. The quantitative estimate of drug-likeness (QED) is 0.378. The lowest BCUT2D eigenvalue weighted by molar-refractivity contribution is -0.121. The molecule has 0 aliphatic carbocycles. The van der Waals surface area contributed by atoms with Gasteiger partial charge in [-0.05, 0) is 41.0 Å². The van der Waals surface area contributed by atoms with Gasteiger partial charge in [0.1, 0.15) is 5.75 Å². The van der Waals surface area contributed by atoms with Gasteiger partial charge in [-0.3, -0.25) is 20.4 Å². The maximum atomic E-state index is 12.3. The molecule has 0 aliphatic rings. The minimum atomic E-state index is -0.428. The lowest BCUT2D eigenvalue weighted by Crippen LogP contribution is -2.41. The third kappa shape index (κ3) is 5.79. The molecule has 0 unspecified atom stereocenters. The summed E-state index contributed by atoms with van der Waals surface area (Å²) >= 11 is 0. The Morgan fingerprint density at radius 3 is 2.36 bits per heavy atom. The first-order valence-corrected chi connectivity index (χ1v) is 10.4. The number of carbonyl (C=O) groups excluding carboxylic acids is 2. The molecule has 0 atom stereocenters. The maximum Gasteiger partial charge on any atom is 0.269 e. The van der Waals surface area contributed by atoms with Gasteiger partial charge in [0.15, 0.2) is 0 Å². The number of aromatic nitrogens is 4. The van der Waals surface area contributed by atoms with Crippen LogP contribution in [0.3, 0.4) is 0 Å². The Balaban J connectivity index is 1.26. The number of tetrazole rings is 1. The van der Waals surface area contributed by atoms with Gasteiger partial charge in [0.25, 0.3) is 5.91 Å². The van der Waals surface area contributed by atoms with Crippen LogP contribution in [0.25, 0.3) is 11.4 Å². The van der Waals surface area contributed by atoms with Crippen molar-refractivity contribution < 1.29 is 14.7 Å². The predicted octanol–water partition coefficient (Wildman–Crippen LogP) is 2.49. The minimum absolute atomic E-state index is 0.132. The SMILES string of the molecule is O=C(CCc1ccccc1O)NNC(=O)c1ccc(Cn2nnc(-c3ccccc3)n2)cc1. The first-order valence-electron chi connectivity index (χ1n) is 10.4. The zero-order chi connectivity index (χ0) is 23.0. The van der Waals surface area contributed by atoms with Crippen molar-refractivity contribution >= 4 is 11.8 Å². The number of rotatable bonds is 7. The van der Waals surface area contributed by atoms with E-state index in [2.05, 4.69) is 26.3 Å². The lowest BCUT2D eigenvalue weighted by Gasteiger charge is -2.08. The van der Waals surface area contributed by atoms with Crippen LogP contribution in [0.4, 0.5) is 0 Å². The van der Waals surface area contributed by atoms with Crippen molar-refractivity contribution in [1.82, 2.24) is 31.1 Å². The summed E-state index contributed by atoms with van der Waals surface area (Å²) < 4.78 is 0. The van der Waals surface area contributed by atoms with E-state index in [-0.39, 0.29) is 18.1 Å². The van der Waals surface area contributed by atoms with Crippen LogP contribution in [-0.4, -0.2) is 37.1 Å². The molecule has 4 aromatic rings. The van der Waals surface area contributed by atoms with E-state index in [1.807, 2.05) is 30.3 Å². The van der Waals surface area contributed by atoms with Crippen molar-refractivity contribution in [1.29, 1.82) is 0 Å². The molecule has 9 heteroatoms. The Kier molecular flexibility index (Phi) is 6.70. The molecule has 3 N–H and O–H groups in total. The fourth-order valence-corrected chi connectivity index (χ4v) is 3.17. The Labute approximate surface area is 190 Å². The zero-order valence-corrected chi connectivity index (χ0v) is 17.7. The average molecular weight is 442 g/mol. The van der Waals surface area contributed by atoms with Crippen molar-refractivity contribution in [2.24, 2.45) is 0 Å². The molecule has 0 spiro atoms. The molecule has 2 amide bonds. The molecule has 1 heterocycles. The second-order valence-corrected chi connectivity index (χ2v) is 7.34. The average Bonchev–Trinajstić information content (AvgIpc) is 3.31. The van der Waals surface area contributed by atoms with E-state index in [1.165, 1.54) is 4.80 Å². The number of aromatic hydroxyl groups is 1. The van der Waals surface area contributed by atoms with Crippen molar-refractivity contribution in [2.45, 2.75) is 19.4 Å². The van der Waals surface area contributed by atoms with Crippen LogP contribution in [0.15, 0.2) is 78.9 Å². The molecule has 0 bridgehead atoms. The molecule has 33 heavy (non-hydrogen) atoms. The van der Waals surface area contributed by atoms with Crippen LogP contribution >= 0.6 is 0 Å². The molecule has 9 nitrogen and oxygen atoms in total. The molecular weight excluding hydrogens is 420 g/mol. The Morgan fingerprint density at radius 2 is 1.61 bits per heavy atom. The molecule has 166 valence electrons. The zero-order valence-electron chi connectivity index (χ0n) is 17.7. The van der Waals surface area contributed by atoms with E-state index in [0.717, 1.165) is 11.1 Å². The molecule has 1 aromatic heterocycles. The van der Waals surface area contributed by atoms with Crippen LogP contribution in [0.5, 0.6) is 5.75 Å². The number of phenolic OH excluding ortho intramolecular Hbond substituents is 1. The van der Waals surface area contributed by atoms with Gasteiger partial charge < -0.3 is 5.11 Å². The number of nitrogens with one attached hydrogen (secondary N) is 2. The normalized spacial score (nSPS) is 10.5. The standard InChI is InChI=1S/C24H22N6O3/c31-21-9-5-4-6-18(21)14-15-22(32)25-27-24(33)20-12-10-17(11-13-20)16-30-28-23(26-29-30)19-7-2-1-3-8-19/h1-13,31H,14-16H2,(H,25,32)(H,27,33). The van der Waals surface area contributed by atoms with Gasteiger partial charge in [-0.25, -0.2) is 0 Å². The van der Waals surface area contributed by atoms with Crippen LogP contribution in [0, 0.1) is 0 Å². The highest BCUT2D eigenvalue weighted by Gasteiger charge is 2.10. The highest BCUT2D eigenvalue weighted by atomic mass is 16.3. The summed E-state index contributed by atoms with van der Waals surface area (Å²) in [5, 5.41) is 22.3. The fraction of sp³-hybridized carbons (Fsp3) is 0.125. The van der Waals surface area contributed by atoms with Gasteiger partial charge in [0.05, 0.1) is 6.54 Å². The third-order valence-electron chi connectivity index (χ3n) is 4.95. The fourth-order valence-electron chi connectivity index (χ4n) is 3.17. The summed E-state index contributed by atoms with van der Waals surface area (Å²) in [6.45, 7) is 0.408. The number of nitrogens with zero attached hydrogens (tertiary/aromatic N) is 4. The van der Waals surface area contributed by atoms with E-state index in [1.54, 1.807) is 48.5 Å². The number of hydrogen-bond acceptors (Lipinski definition) is 6. The number of hydrazine groups is 1. The summed E-state index contributed by atoms with van der Waals surface area (Å²) in [5.74, 6) is -0.0889. The van der Waals surface area contributed by atoms with Crippen LogP contribution in [0.1, 0.15) is 27.9 Å². The van der Waals surface area contributed by atoms with E-state index in [9.17, 15) is 14.7 Å². The molecule has 0 saturated heterocycles. The van der Waals surface area contributed by atoms with Crippen LogP contribution in [-0.2, 0) is 17.8 Å². The van der Waals surface area contributed by atoms with Crippen molar-refractivity contribution in [3.8, 4) is 17.1 Å². The molecular formula is C24H22N6O3. The molecule has 0 aliphatic heterocycles. The molecule has 0 saturated carbocycles. The van der Waals surface area contributed by atoms with Gasteiger partial charge in [0, 0.05) is 17.5 Å². The summed E-state index contributed by atoms with van der Waals surface area (Å²) in [7, 11) is 0. The Hall–Kier alpha value is -4.53. The van der Waals surface area contributed by atoms with E-state index in [0.29, 0.717) is 29.9 Å². The summed E-state index contributed by atoms with van der Waals surface area (Å²) in [4.78, 5) is 25.8. The maximum absolute atomic E-state index is 12.3. The number of phenols is 1. The second kappa shape index (κ2) is 10.2. The minimum Gasteiger partial charge on any atom is -0.508 e. The number of benzene rings is 3. The Bertz CT molecular complexity index is 1240. The van der Waals surface area contributed by atoms with Gasteiger partial charge in [-0.15, -0.1) is 10.2 Å². The van der Waals surface area contributed by atoms with E-state index in [4.69, 9.17) is 0 Å². The Morgan fingerprint density at radius 1 is 0.879 bits per heavy atom. The van der Waals surface area contributed by atoms with Crippen molar-refractivity contribution in [2.75, 3.05) is 0 Å². The summed E-state index contributed by atoms with van der Waals surface area (Å²) in [6, 6.07) is 23.3. The first kappa shape index (κ1) is 21.7. The van der Waals surface area contributed by atoms with Gasteiger partial charge in [-0.2, -0.15) is 4.80 Å². The van der Waals surface area contributed by atoms with Gasteiger partial charge in [0.2, 0.25) is 11.7 Å². The van der Waals surface area contributed by atoms with Gasteiger partial charge >= 0.3 is 0 Å². The van der Waals surface area contributed by atoms with Gasteiger partial charge in [-0.1, -0.05) is 60.7 Å². The van der Waals surface area contributed by atoms with Crippen LogP contribution < -0.4 is 10.9 Å². The number of carbonyl (C=O) groups is 2. The number of para-hydroxylation sites is 1. The second-order valence-electron chi connectivity index (χ2n) is 7.34.